The van der Waals surface area contributed by atoms with Crippen molar-refractivity contribution < 1.29 is 0 Å². The third-order valence-electron chi connectivity index (χ3n) is 3.76. The van der Waals surface area contributed by atoms with Gasteiger partial charge in [0.25, 0.3) is 0 Å². The van der Waals surface area contributed by atoms with Crippen molar-refractivity contribution >= 4 is 5.82 Å². The Bertz CT molecular complexity index is 431. The van der Waals surface area contributed by atoms with Crippen LogP contribution in [-0.4, -0.2) is 16.5 Å². The number of rotatable bonds is 5. The van der Waals surface area contributed by atoms with Crippen LogP contribution >= 0.6 is 0 Å². The van der Waals surface area contributed by atoms with Crippen molar-refractivity contribution in [3.63, 3.8) is 0 Å². The first-order valence-corrected chi connectivity index (χ1v) is 6.33. The summed E-state index contributed by atoms with van der Waals surface area (Å²) in [6.07, 6.45) is 8.72. The van der Waals surface area contributed by atoms with E-state index in [1.165, 1.54) is 25.7 Å². The Hall–Kier alpha value is -1.63. The van der Waals surface area contributed by atoms with Gasteiger partial charge >= 0.3 is 0 Å². The van der Waals surface area contributed by atoms with Gasteiger partial charge < -0.3 is 5.32 Å². The van der Waals surface area contributed by atoms with E-state index in [2.05, 4.69) is 21.4 Å². The fourth-order valence-corrected chi connectivity index (χ4v) is 2.53. The highest BCUT2D eigenvalue weighted by Gasteiger charge is 2.41. The van der Waals surface area contributed by atoms with Gasteiger partial charge in [-0.25, -0.2) is 9.97 Å². The highest BCUT2D eigenvalue weighted by Crippen LogP contribution is 2.49. The van der Waals surface area contributed by atoms with Gasteiger partial charge in [0.05, 0.1) is 0 Å². The number of nitrogens with zero attached hydrogens (tertiary/aromatic N) is 3. The van der Waals surface area contributed by atoms with Gasteiger partial charge in [0.1, 0.15) is 6.07 Å². The number of nitrogens with one attached hydrogen (secondary N) is 1. The molecule has 0 unspecified atom stereocenters. The van der Waals surface area contributed by atoms with Gasteiger partial charge in [-0.15, -0.1) is 0 Å². The molecule has 0 amide bonds. The van der Waals surface area contributed by atoms with E-state index in [9.17, 15) is 0 Å². The average Bonchev–Trinajstić information content (AvgIpc) is 3.23. The molecule has 1 N–H and O–H groups in total. The van der Waals surface area contributed by atoms with Gasteiger partial charge in [-0.3, -0.25) is 0 Å². The fraction of sp³-hybridized carbons (Fsp3) is 0.615. The molecule has 1 aromatic heterocycles. The van der Waals surface area contributed by atoms with Crippen molar-refractivity contribution in [2.24, 2.45) is 17.8 Å². The molecule has 1 heterocycles. The summed E-state index contributed by atoms with van der Waals surface area (Å²) in [5.41, 5.74) is 0.401. The van der Waals surface area contributed by atoms with E-state index in [1.54, 1.807) is 12.4 Å². The first-order valence-electron chi connectivity index (χ1n) is 6.33. The number of nitriles is 1. The summed E-state index contributed by atoms with van der Waals surface area (Å²) in [6, 6.07) is 2.07. The third-order valence-corrected chi connectivity index (χ3v) is 3.76. The first-order chi connectivity index (χ1) is 8.38. The smallest absolute Gasteiger partial charge is 0.182 e. The molecule has 0 aromatic carbocycles. The molecule has 1 aromatic rings. The van der Waals surface area contributed by atoms with Crippen molar-refractivity contribution in [1.82, 2.24) is 9.97 Å². The van der Waals surface area contributed by atoms with Crippen LogP contribution in [0, 0.1) is 29.1 Å². The van der Waals surface area contributed by atoms with Crippen molar-refractivity contribution in [2.75, 3.05) is 11.9 Å². The molecule has 88 valence electrons. The third kappa shape index (κ3) is 2.38. The van der Waals surface area contributed by atoms with E-state index in [1.807, 2.05) is 0 Å². The van der Waals surface area contributed by atoms with E-state index in [-0.39, 0.29) is 0 Å². The second-order valence-electron chi connectivity index (χ2n) is 5.08. The van der Waals surface area contributed by atoms with Gasteiger partial charge in [0.15, 0.2) is 11.5 Å². The molecule has 2 fully saturated rings. The molecule has 0 radical (unpaired) electrons. The molecule has 4 nitrogen and oxygen atoms in total. The molecule has 17 heavy (non-hydrogen) atoms. The molecule has 0 spiro atoms. The summed E-state index contributed by atoms with van der Waals surface area (Å²) in [5, 5.41) is 12.2. The quantitative estimate of drug-likeness (QED) is 0.839. The fourth-order valence-electron chi connectivity index (χ4n) is 2.53. The van der Waals surface area contributed by atoms with Crippen molar-refractivity contribution in [2.45, 2.75) is 25.7 Å². The van der Waals surface area contributed by atoms with Gasteiger partial charge in [-0.1, -0.05) is 0 Å². The van der Waals surface area contributed by atoms with Gasteiger partial charge in [0, 0.05) is 18.9 Å². The van der Waals surface area contributed by atoms with E-state index < -0.39 is 0 Å². The topological polar surface area (TPSA) is 61.6 Å². The molecule has 0 atom stereocenters. The molecule has 3 rings (SSSR count). The van der Waals surface area contributed by atoms with Gasteiger partial charge in [-0.05, 0) is 43.4 Å². The summed E-state index contributed by atoms with van der Waals surface area (Å²) in [6.45, 7) is 0.947. The van der Waals surface area contributed by atoms with Crippen LogP contribution in [0.2, 0.25) is 0 Å². The molecule has 0 saturated heterocycles. The normalized spacial score (nSPS) is 19.1. The maximum atomic E-state index is 8.93. The van der Waals surface area contributed by atoms with Crippen LogP contribution in [0.5, 0.6) is 0 Å². The number of aromatic nitrogens is 2. The minimum atomic E-state index is 0.401. The van der Waals surface area contributed by atoms with Crippen LogP contribution in [0.1, 0.15) is 31.4 Å². The summed E-state index contributed by atoms with van der Waals surface area (Å²) < 4.78 is 0. The second-order valence-corrected chi connectivity index (χ2v) is 5.08. The van der Waals surface area contributed by atoms with E-state index in [4.69, 9.17) is 5.26 Å². The largest absolute Gasteiger partial charge is 0.367 e. The van der Waals surface area contributed by atoms with E-state index >= 15 is 0 Å². The molecule has 0 aliphatic heterocycles. The van der Waals surface area contributed by atoms with Crippen LogP contribution < -0.4 is 5.32 Å². The monoisotopic (exact) mass is 228 g/mol. The highest BCUT2D eigenvalue weighted by atomic mass is 15.0. The zero-order valence-electron chi connectivity index (χ0n) is 9.76. The van der Waals surface area contributed by atoms with Crippen molar-refractivity contribution in [1.29, 1.82) is 5.26 Å². The Morgan fingerprint density at radius 2 is 1.88 bits per heavy atom. The van der Waals surface area contributed by atoms with Gasteiger partial charge in [0.2, 0.25) is 0 Å². The minimum absolute atomic E-state index is 0.401. The lowest BCUT2D eigenvalue weighted by atomic mass is 9.98. The molecule has 2 saturated carbocycles. The Labute approximate surface area is 101 Å². The Morgan fingerprint density at radius 3 is 2.47 bits per heavy atom. The lowest BCUT2D eigenvalue weighted by Crippen LogP contribution is -2.19. The maximum Gasteiger partial charge on any atom is 0.182 e. The predicted octanol–water partition coefficient (Wildman–Crippen LogP) is 2.20. The SMILES string of the molecule is N#Cc1nccnc1NCC(C1CC1)C1CC1. The minimum Gasteiger partial charge on any atom is -0.367 e. The van der Waals surface area contributed by atoms with Crippen LogP contribution in [-0.2, 0) is 0 Å². The highest BCUT2D eigenvalue weighted by molar-refractivity contribution is 5.46. The Kier molecular flexibility index (Phi) is 2.68. The van der Waals surface area contributed by atoms with E-state index in [0.717, 1.165) is 24.3 Å². The maximum absolute atomic E-state index is 8.93. The molecular formula is C13H16N4. The number of anilines is 1. The zero-order valence-corrected chi connectivity index (χ0v) is 9.76. The predicted molar refractivity (Wildman–Crippen MR) is 64.2 cm³/mol. The lowest BCUT2D eigenvalue weighted by Gasteiger charge is -2.16. The summed E-state index contributed by atoms with van der Waals surface area (Å²) in [5.74, 6) is 3.25. The molecule has 2 aliphatic rings. The summed E-state index contributed by atoms with van der Waals surface area (Å²) in [7, 11) is 0. The second kappa shape index (κ2) is 4.33. The summed E-state index contributed by atoms with van der Waals surface area (Å²) >= 11 is 0. The van der Waals surface area contributed by atoms with Crippen molar-refractivity contribution in [3.8, 4) is 6.07 Å². The Balaban J connectivity index is 1.64. The van der Waals surface area contributed by atoms with Crippen LogP contribution in [0.15, 0.2) is 12.4 Å². The summed E-state index contributed by atoms with van der Waals surface area (Å²) in [4.78, 5) is 8.19. The number of hydrogen-bond acceptors (Lipinski definition) is 4. The van der Waals surface area contributed by atoms with Crippen LogP contribution in [0.25, 0.3) is 0 Å². The van der Waals surface area contributed by atoms with Crippen LogP contribution in [0.3, 0.4) is 0 Å². The van der Waals surface area contributed by atoms with Crippen LogP contribution in [0.4, 0.5) is 5.82 Å². The van der Waals surface area contributed by atoms with Crippen molar-refractivity contribution in [3.05, 3.63) is 18.1 Å². The molecule has 4 heteroatoms. The standard InChI is InChI=1S/C13H16N4/c14-7-12-13(16-6-5-15-12)17-8-11(9-1-2-9)10-3-4-10/h5-6,9-11H,1-4,8H2,(H,16,17). The molecule has 0 bridgehead atoms. The zero-order chi connectivity index (χ0) is 11.7. The lowest BCUT2D eigenvalue weighted by molar-refractivity contribution is 0.427. The van der Waals surface area contributed by atoms with Gasteiger partial charge in [-0.2, -0.15) is 5.26 Å². The first kappa shape index (κ1) is 10.5. The molecule has 2 aliphatic carbocycles. The number of hydrogen-bond donors (Lipinski definition) is 1. The van der Waals surface area contributed by atoms with E-state index in [0.29, 0.717) is 11.5 Å². The molecular weight excluding hydrogens is 212 g/mol. The Morgan fingerprint density at radius 1 is 1.24 bits per heavy atom. The average molecular weight is 228 g/mol.